The van der Waals surface area contributed by atoms with E-state index < -0.39 is 0 Å². The topological polar surface area (TPSA) is 124 Å². The lowest BCUT2D eigenvalue weighted by atomic mass is 10.0. The summed E-state index contributed by atoms with van der Waals surface area (Å²) < 4.78 is 1.96. The Balaban J connectivity index is 1.44. The summed E-state index contributed by atoms with van der Waals surface area (Å²) in [6.07, 6.45) is 5.30. The second kappa shape index (κ2) is 9.18. The summed E-state index contributed by atoms with van der Waals surface area (Å²) in [6.45, 7) is 6.06. The van der Waals surface area contributed by atoms with Gasteiger partial charge in [-0.15, -0.1) is 0 Å². The maximum atomic E-state index is 12.8. The molecule has 34 heavy (non-hydrogen) atoms. The van der Waals surface area contributed by atoms with E-state index in [0.717, 1.165) is 53.8 Å². The van der Waals surface area contributed by atoms with Crippen LogP contribution in [0, 0.1) is 0 Å². The number of benzene rings is 1. The summed E-state index contributed by atoms with van der Waals surface area (Å²) in [5.41, 5.74) is 10.2. The molecule has 1 aliphatic heterocycles. The summed E-state index contributed by atoms with van der Waals surface area (Å²) in [4.78, 5) is 25.7. The van der Waals surface area contributed by atoms with E-state index in [4.69, 9.17) is 10.8 Å². The van der Waals surface area contributed by atoms with Gasteiger partial charge in [-0.2, -0.15) is 5.10 Å². The van der Waals surface area contributed by atoms with Crippen LogP contribution >= 0.6 is 0 Å². The van der Waals surface area contributed by atoms with Gasteiger partial charge in [0.05, 0.1) is 11.4 Å². The number of nitrogen functional groups attached to an aromatic ring is 1. The van der Waals surface area contributed by atoms with E-state index in [1.807, 2.05) is 28.9 Å². The zero-order valence-corrected chi connectivity index (χ0v) is 19.3. The number of carbonyl (C=O) groups is 1. The molecule has 0 saturated carbocycles. The molecular formula is C25H28N8O. The molecule has 0 bridgehead atoms. The molecule has 1 aliphatic rings. The first-order valence-corrected chi connectivity index (χ1v) is 11.6. The Morgan fingerprint density at radius 3 is 2.74 bits per heavy atom. The van der Waals surface area contributed by atoms with Crippen LogP contribution in [0.5, 0.6) is 0 Å². The van der Waals surface area contributed by atoms with Gasteiger partial charge in [-0.25, -0.2) is 19.6 Å². The van der Waals surface area contributed by atoms with E-state index in [-0.39, 0.29) is 11.9 Å². The van der Waals surface area contributed by atoms with Gasteiger partial charge in [0.1, 0.15) is 23.7 Å². The highest BCUT2D eigenvalue weighted by molar-refractivity contribution is 6.04. The van der Waals surface area contributed by atoms with Gasteiger partial charge in [0.25, 0.3) is 5.91 Å². The van der Waals surface area contributed by atoms with Gasteiger partial charge in [-0.1, -0.05) is 26.0 Å². The largest absolute Gasteiger partial charge is 0.383 e. The number of aromatic nitrogens is 5. The molecule has 0 radical (unpaired) electrons. The van der Waals surface area contributed by atoms with E-state index in [1.165, 1.54) is 6.33 Å². The Morgan fingerprint density at radius 2 is 2.00 bits per heavy atom. The van der Waals surface area contributed by atoms with Gasteiger partial charge in [0, 0.05) is 23.9 Å². The molecular weight excluding hydrogens is 428 g/mol. The van der Waals surface area contributed by atoms with E-state index in [2.05, 4.69) is 39.4 Å². The summed E-state index contributed by atoms with van der Waals surface area (Å²) >= 11 is 0. The summed E-state index contributed by atoms with van der Waals surface area (Å²) in [7, 11) is 0. The second-order valence-corrected chi connectivity index (χ2v) is 8.91. The molecule has 1 saturated heterocycles. The number of fused-ring (bicyclic) bond motifs is 1. The molecule has 174 valence electrons. The van der Waals surface area contributed by atoms with Gasteiger partial charge >= 0.3 is 0 Å². The number of hydrogen-bond donors (Lipinski definition) is 3. The monoisotopic (exact) mass is 456 g/mol. The number of nitrogens with zero attached hydrogens (tertiary/aromatic N) is 5. The fraction of sp³-hybridized carbons (Fsp3) is 0.320. The molecule has 0 unspecified atom stereocenters. The number of amides is 1. The maximum Gasteiger partial charge on any atom is 0.256 e. The van der Waals surface area contributed by atoms with Crippen LogP contribution in [0.1, 0.15) is 54.6 Å². The Labute approximate surface area is 197 Å². The Kier molecular flexibility index (Phi) is 5.93. The maximum absolute atomic E-state index is 12.8. The molecule has 1 atom stereocenters. The van der Waals surface area contributed by atoms with Crippen molar-refractivity contribution in [3.63, 3.8) is 0 Å². The van der Waals surface area contributed by atoms with E-state index in [0.29, 0.717) is 23.1 Å². The average molecular weight is 457 g/mol. The molecule has 4 N–H and O–H groups in total. The lowest BCUT2D eigenvalue weighted by Gasteiger charge is -2.23. The highest BCUT2D eigenvalue weighted by Gasteiger charge is 2.23. The zero-order chi connectivity index (χ0) is 23.7. The number of piperidine rings is 1. The van der Waals surface area contributed by atoms with Crippen molar-refractivity contribution in [2.24, 2.45) is 0 Å². The summed E-state index contributed by atoms with van der Waals surface area (Å²) in [5, 5.41) is 11.9. The number of carbonyl (C=O) groups excluding carboxylic acids is 1. The molecule has 1 fully saturated rings. The normalized spacial score (nSPS) is 16.1. The minimum atomic E-state index is -0.216. The lowest BCUT2D eigenvalue weighted by Crippen LogP contribution is -2.32. The number of pyridine rings is 1. The Hall–Kier alpha value is -3.85. The lowest BCUT2D eigenvalue weighted by molar-refractivity contribution is 0.102. The number of nitrogens with one attached hydrogen (secondary N) is 2. The predicted octanol–water partition coefficient (Wildman–Crippen LogP) is 3.77. The van der Waals surface area contributed by atoms with E-state index in [9.17, 15) is 4.79 Å². The smallest absolute Gasteiger partial charge is 0.256 e. The second-order valence-electron chi connectivity index (χ2n) is 8.91. The third-order valence-corrected chi connectivity index (χ3v) is 6.25. The third-order valence-electron chi connectivity index (χ3n) is 6.25. The van der Waals surface area contributed by atoms with Crippen LogP contribution in [0.25, 0.3) is 22.3 Å². The third kappa shape index (κ3) is 4.22. The summed E-state index contributed by atoms with van der Waals surface area (Å²) in [5.74, 6) is 1.07. The fourth-order valence-electron chi connectivity index (χ4n) is 4.34. The van der Waals surface area contributed by atoms with Crippen molar-refractivity contribution in [1.82, 2.24) is 30.0 Å². The molecule has 1 amide bonds. The van der Waals surface area contributed by atoms with Crippen LogP contribution in [0.2, 0.25) is 0 Å². The molecule has 4 heterocycles. The number of nitrogens with two attached hydrogens (primary N) is 1. The average Bonchev–Trinajstić information content (AvgIpc) is 3.26. The quantitative estimate of drug-likeness (QED) is 0.418. The van der Waals surface area contributed by atoms with Crippen molar-refractivity contribution >= 4 is 28.6 Å². The number of rotatable bonds is 5. The summed E-state index contributed by atoms with van der Waals surface area (Å²) in [6, 6.07) is 11.4. The van der Waals surface area contributed by atoms with Crippen LogP contribution in [0.3, 0.4) is 0 Å². The van der Waals surface area contributed by atoms with E-state index >= 15 is 0 Å². The van der Waals surface area contributed by atoms with Crippen molar-refractivity contribution in [3.05, 3.63) is 60.0 Å². The molecule has 9 nitrogen and oxygen atoms in total. The van der Waals surface area contributed by atoms with Crippen LogP contribution < -0.4 is 16.4 Å². The number of anilines is 2. The van der Waals surface area contributed by atoms with Crippen LogP contribution in [-0.2, 0) is 0 Å². The highest BCUT2D eigenvalue weighted by atomic mass is 16.1. The van der Waals surface area contributed by atoms with Crippen molar-refractivity contribution in [1.29, 1.82) is 0 Å². The minimum absolute atomic E-state index is 0.207. The molecule has 5 rings (SSSR count). The van der Waals surface area contributed by atoms with Gasteiger partial charge in [-0.3, -0.25) is 4.79 Å². The van der Waals surface area contributed by atoms with E-state index in [1.54, 1.807) is 18.3 Å². The SMILES string of the molecule is CC(C)c1ccnc(NC(=O)c2ccc(-c3nn([C@@H]4CCCNC4)c4ncnc(N)c34)cc2)c1. The molecule has 4 aromatic rings. The first-order chi connectivity index (χ1) is 16.5. The fourth-order valence-corrected chi connectivity index (χ4v) is 4.34. The van der Waals surface area contributed by atoms with Crippen LogP contribution in [-0.4, -0.2) is 43.7 Å². The number of hydrogen-bond acceptors (Lipinski definition) is 7. The first-order valence-electron chi connectivity index (χ1n) is 11.6. The van der Waals surface area contributed by atoms with Crippen molar-refractivity contribution < 1.29 is 4.79 Å². The van der Waals surface area contributed by atoms with Crippen LogP contribution in [0.15, 0.2) is 48.9 Å². The zero-order valence-electron chi connectivity index (χ0n) is 19.3. The van der Waals surface area contributed by atoms with Gasteiger partial charge in [-0.05, 0) is 55.1 Å². The molecule has 0 spiro atoms. The predicted molar refractivity (Wildman–Crippen MR) is 133 cm³/mol. The van der Waals surface area contributed by atoms with Gasteiger partial charge in [0.15, 0.2) is 5.65 Å². The first kappa shape index (κ1) is 22.0. The van der Waals surface area contributed by atoms with Crippen molar-refractivity contribution in [3.8, 4) is 11.3 Å². The van der Waals surface area contributed by atoms with Crippen molar-refractivity contribution in [2.75, 3.05) is 24.1 Å². The Morgan fingerprint density at radius 1 is 1.18 bits per heavy atom. The molecule has 0 aliphatic carbocycles. The van der Waals surface area contributed by atoms with Gasteiger partial charge < -0.3 is 16.4 Å². The molecule has 9 heteroatoms. The van der Waals surface area contributed by atoms with Gasteiger partial charge in [0.2, 0.25) is 0 Å². The Bertz CT molecular complexity index is 1320. The van der Waals surface area contributed by atoms with Crippen LogP contribution in [0.4, 0.5) is 11.6 Å². The minimum Gasteiger partial charge on any atom is -0.383 e. The van der Waals surface area contributed by atoms with Crippen molar-refractivity contribution in [2.45, 2.75) is 38.6 Å². The molecule has 3 aromatic heterocycles. The standard InChI is InChI=1S/C25H28N8O/c1-15(2)18-9-11-28-20(12-18)31-25(34)17-7-5-16(6-8-17)22-21-23(26)29-14-30-24(21)33(32-22)19-4-3-10-27-13-19/h5-9,11-12,14-15,19,27H,3-4,10,13H2,1-2H3,(H2,26,29,30)(H,28,31,34)/t19-/m1/s1. The highest BCUT2D eigenvalue weighted by Crippen LogP contribution is 2.33. The molecule has 1 aromatic carbocycles.